The van der Waals surface area contributed by atoms with E-state index in [0.29, 0.717) is 0 Å². The van der Waals surface area contributed by atoms with Crippen molar-refractivity contribution in [2.75, 3.05) is 0 Å². The SMILES string of the molecule is CCc1cncc2cccc(C)c12. The number of nitrogens with zero attached hydrogens (tertiary/aromatic N) is 1. The standard InChI is InChI=1S/C12H13N/c1-3-10-7-13-8-11-6-4-5-9(2)12(10)11/h4-8H,3H2,1-2H3. The van der Waals surface area contributed by atoms with E-state index in [1.807, 2.05) is 12.4 Å². The molecule has 66 valence electrons. The molecule has 0 aliphatic rings. The van der Waals surface area contributed by atoms with Crippen molar-refractivity contribution in [1.82, 2.24) is 4.98 Å². The van der Waals surface area contributed by atoms with E-state index in [1.54, 1.807) is 0 Å². The Kier molecular flexibility index (Phi) is 2.01. The van der Waals surface area contributed by atoms with Crippen LogP contribution in [0.1, 0.15) is 18.1 Å². The smallest absolute Gasteiger partial charge is 0.0346 e. The van der Waals surface area contributed by atoms with Gasteiger partial charge in [0.15, 0.2) is 0 Å². The summed E-state index contributed by atoms with van der Waals surface area (Å²) in [6.45, 7) is 4.32. The van der Waals surface area contributed by atoms with Crippen molar-refractivity contribution >= 4 is 10.8 Å². The molecule has 1 aromatic heterocycles. The lowest BCUT2D eigenvalue weighted by Gasteiger charge is -2.05. The Morgan fingerprint density at radius 2 is 2.08 bits per heavy atom. The molecule has 0 unspecified atom stereocenters. The van der Waals surface area contributed by atoms with Gasteiger partial charge in [-0.25, -0.2) is 0 Å². The highest BCUT2D eigenvalue weighted by Gasteiger charge is 2.01. The minimum absolute atomic E-state index is 1.05. The zero-order chi connectivity index (χ0) is 9.26. The molecule has 1 heteroatoms. The Hall–Kier alpha value is -1.37. The van der Waals surface area contributed by atoms with Crippen LogP contribution in [0, 0.1) is 6.92 Å². The van der Waals surface area contributed by atoms with Crippen LogP contribution in [0.15, 0.2) is 30.6 Å². The number of hydrogen-bond donors (Lipinski definition) is 0. The third-order valence-corrected chi connectivity index (χ3v) is 2.45. The Morgan fingerprint density at radius 3 is 2.85 bits per heavy atom. The van der Waals surface area contributed by atoms with Gasteiger partial charge >= 0.3 is 0 Å². The van der Waals surface area contributed by atoms with Crippen molar-refractivity contribution in [2.45, 2.75) is 20.3 Å². The Morgan fingerprint density at radius 1 is 1.23 bits per heavy atom. The minimum atomic E-state index is 1.05. The second-order valence-corrected chi connectivity index (χ2v) is 3.33. The molecule has 2 rings (SSSR count). The second kappa shape index (κ2) is 3.17. The Balaban J connectivity index is 2.87. The van der Waals surface area contributed by atoms with E-state index in [-0.39, 0.29) is 0 Å². The predicted octanol–water partition coefficient (Wildman–Crippen LogP) is 3.11. The summed E-state index contributed by atoms with van der Waals surface area (Å²) < 4.78 is 0. The van der Waals surface area contributed by atoms with Crippen molar-refractivity contribution in [3.05, 3.63) is 41.7 Å². The topological polar surface area (TPSA) is 12.9 Å². The molecule has 0 saturated carbocycles. The number of aromatic nitrogens is 1. The average Bonchev–Trinajstić information content (AvgIpc) is 2.17. The van der Waals surface area contributed by atoms with E-state index in [4.69, 9.17) is 0 Å². The molecule has 0 atom stereocenters. The van der Waals surface area contributed by atoms with Gasteiger partial charge < -0.3 is 0 Å². The van der Waals surface area contributed by atoms with Crippen LogP contribution in [0.3, 0.4) is 0 Å². The third-order valence-electron chi connectivity index (χ3n) is 2.45. The predicted molar refractivity (Wildman–Crippen MR) is 55.9 cm³/mol. The lowest BCUT2D eigenvalue weighted by atomic mass is 10.0. The van der Waals surface area contributed by atoms with Crippen LogP contribution in [0.4, 0.5) is 0 Å². The summed E-state index contributed by atoms with van der Waals surface area (Å²) in [5.74, 6) is 0. The van der Waals surface area contributed by atoms with Crippen LogP contribution >= 0.6 is 0 Å². The molecule has 0 spiro atoms. The van der Waals surface area contributed by atoms with Gasteiger partial charge in [-0.15, -0.1) is 0 Å². The highest BCUT2D eigenvalue weighted by atomic mass is 14.6. The van der Waals surface area contributed by atoms with Crippen LogP contribution in [-0.2, 0) is 6.42 Å². The molecule has 0 aliphatic carbocycles. The summed E-state index contributed by atoms with van der Waals surface area (Å²) >= 11 is 0. The first kappa shape index (κ1) is 8.24. The quantitative estimate of drug-likeness (QED) is 0.642. The summed E-state index contributed by atoms with van der Waals surface area (Å²) in [6, 6.07) is 6.36. The summed E-state index contributed by atoms with van der Waals surface area (Å²) in [5, 5.41) is 2.62. The second-order valence-electron chi connectivity index (χ2n) is 3.33. The molecule has 1 nitrogen and oxygen atoms in total. The largest absolute Gasteiger partial charge is 0.264 e. The highest BCUT2D eigenvalue weighted by molar-refractivity contribution is 5.87. The molecule has 0 aliphatic heterocycles. The lowest BCUT2D eigenvalue weighted by molar-refractivity contribution is 1.12. The number of pyridine rings is 1. The van der Waals surface area contributed by atoms with Gasteiger partial charge in [-0.3, -0.25) is 4.98 Å². The van der Waals surface area contributed by atoms with E-state index in [9.17, 15) is 0 Å². The maximum Gasteiger partial charge on any atom is 0.0346 e. The molecule has 0 N–H and O–H groups in total. The van der Waals surface area contributed by atoms with Gasteiger partial charge in [0.25, 0.3) is 0 Å². The fourth-order valence-corrected chi connectivity index (χ4v) is 1.78. The number of aryl methyl sites for hydroxylation is 2. The normalized spacial score (nSPS) is 10.6. The number of benzene rings is 1. The van der Waals surface area contributed by atoms with Crippen LogP contribution in [0.25, 0.3) is 10.8 Å². The van der Waals surface area contributed by atoms with E-state index in [0.717, 1.165) is 6.42 Å². The molecule has 1 heterocycles. The van der Waals surface area contributed by atoms with Crippen molar-refractivity contribution in [2.24, 2.45) is 0 Å². The first-order chi connectivity index (χ1) is 6.33. The van der Waals surface area contributed by atoms with Gasteiger partial charge in [0.1, 0.15) is 0 Å². The minimum Gasteiger partial charge on any atom is -0.264 e. The van der Waals surface area contributed by atoms with Gasteiger partial charge in [0, 0.05) is 17.8 Å². The molecular weight excluding hydrogens is 158 g/mol. The lowest BCUT2D eigenvalue weighted by Crippen LogP contribution is -1.88. The third kappa shape index (κ3) is 1.31. The van der Waals surface area contributed by atoms with E-state index < -0.39 is 0 Å². The summed E-state index contributed by atoms with van der Waals surface area (Å²) in [5.41, 5.74) is 2.69. The molecule has 0 amide bonds. The maximum atomic E-state index is 4.22. The molecule has 13 heavy (non-hydrogen) atoms. The Labute approximate surface area is 78.4 Å². The average molecular weight is 171 g/mol. The summed E-state index contributed by atoms with van der Waals surface area (Å²) in [4.78, 5) is 4.22. The molecule has 1 aromatic carbocycles. The van der Waals surface area contributed by atoms with Crippen molar-refractivity contribution in [3.8, 4) is 0 Å². The highest BCUT2D eigenvalue weighted by Crippen LogP contribution is 2.21. The van der Waals surface area contributed by atoms with Crippen molar-refractivity contribution in [1.29, 1.82) is 0 Å². The first-order valence-corrected chi connectivity index (χ1v) is 4.65. The van der Waals surface area contributed by atoms with Gasteiger partial charge in [0.05, 0.1) is 0 Å². The van der Waals surface area contributed by atoms with Crippen molar-refractivity contribution in [3.63, 3.8) is 0 Å². The number of fused-ring (bicyclic) bond motifs is 1. The number of rotatable bonds is 1. The Bertz CT molecular complexity index is 427. The maximum absolute atomic E-state index is 4.22. The van der Waals surface area contributed by atoms with Crippen LogP contribution < -0.4 is 0 Å². The summed E-state index contributed by atoms with van der Waals surface area (Å²) in [7, 11) is 0. The van der Waals surface area contributed by atoms with Crippen molar-refractivity contribution < 1.29 is 0 Å². The van der Waals surface area contributed by atoms with Crippen LogP contribution in [0.2, 0.25) is 0 Å². The van der Waals surface area contributed by atoms with E-state index in [1.165, 1.54) is 21.9 Å². The van der Waals surface area contributed by atoms with E-state index >= 15 is 0 Å². The fourth-order valence-electron chi connectivity index (χ4n) is 1.78. The molecule has 0 bridgehead atoms. The fraction of sp³-hybridized carbons (Fsp3) is 0.250. The van der Waals surface area contributed by atoms with Gasteiger partial charge in [-0.1, -0.05) is 25.1 Å². The number of hydrogen-bond acceptors (Lipinski definition) is 1. The zero-order valence-corrected chi connectivity index (χ0v) is 8.04. The monoisotopic (exact) mass is 171 g/mol. The van der Waals surface area contributed by atoms with Crippen LogP contribution in [0.5, 0.6) is 0 Å². The zero-order valence-electron chi connectivity index (χ0n) is 8.04. The summed E-state index contributed by atoms with van der Waals surface area (Å²) in [6.07, 6.45) is 4.95. The van der Waals surface area contributed by atoms with Crippen LogP contribution in [-0.4, -0.2) is 4.98 Å². The first-order valence-electron chi connectivity index (χ1n) is 4.65. The molecule has 0 fully saturated rings. The van der Waals surface area contributed by atoms with Gasteiger partial charge in [-0.05, 0) is 29.9 Å². The molecule has 2 aromatic rings. The molecule has 0 radical (unpaired) electrons. The van der Waals surface area contributed by atoms with Gasteiger partial charge in [-0.2, -0.15) is 0 Å². The van der Waals surface area contributed by atoms with Gasteiger partial charge in [0.2, 0.25) is 0 Å². The molecular formula is C12H13N. The molecule has 0 saturated heterocycles. The van der Waals surface area contributed by atoms with E-state index in [2.05, 4.69) is 37.0 Å².